The van der Waals surface area contributed by atoms with E-state index in [1.807, 2.05) is 24.3 Å². The largest absolute Gasteiger partial charge is 0.383 e. The zero-order valence-corrected chi connectivity index (χ0v) is 12.8. The van der Waals surface area contributed by atoms with Gasteiger partial charge in [0.15, 0.2) is 5.69 Å². The fraction of sp³-hybridized carbons (Fsp3) is 0.312. The third kappa shape index (κ3) is 4.53. The molecule has 6 heteroatoms. The molecule has 2 aromatic rings. The number of ether oxygens (including phenoxy) is 1. The molecule has 0 spiro atoms. The number of hydrogen-bond donors (Lipinski definition) is 2. The van der Waals surface area contributed by atoms with Crippen LogP contribution >= 0.6 is 0 Å². The molecule has 2 rings (SSSR count). The molecule has 0 unspecified atom stereocenters. The predicted octanol–water partition coefficient (Wildman–Crippen LogP) is 2.35. The first-order chi connectivity index (χ1) is 10.7. The summed E-state index contributed by atoms with van der Waals surface area (Å²) in [6.45, 7) is 3.31. The summed E-state index contributed by atoms with van der Waals surface area (Å²) in [5.41, 5.74) is 2.24. The Bertz CT molecular complexity index is 597. The molecular formula is C16H20N4O2. The topological polar surface area (TPSA) is 76.1 Å². The van der Waals surface area contributed by atoms with E-state index < -0.39 is 0 Å². The van der Waals surface area contributed by atoms with Crippen molar-refractivity contribution in [1.29, 1.82) is 0 Å². The van der Waals surface area contributed by atoms with E-state index in [1.54, 1.807) is 19.2 Å². The lowest BCUT2D eigenvalue weighted by Gasteiger charge is -2.06. The Morgan fingerprint density at radius 2 is 1.91 bits per heavy atom. The highest BCUT2D eigenvalue weighted by Crippen LogP contribution is 2.11. The van der Waals surface area contributed by atoms with Crippen LogP contribution in [0, 0.1) is 0 Å². The fourth-order valence-electron chi connectivity index (χ4n) is 1.85. The van der Waals surface area contributed by atoms with Crippen molar-refractivity contribution in [3.8, 4) is 0 Å². The van der Waals surface area contributed by atoms with Crippen LogP contribution in [0.4, 0.5) is 11.5 Å². The zero-order valence-electron chi connectivity index (χ0n) is 12.8. The van der Waals surface area contributed by atoms with E-state index in [0.717, 1.165) is 12.1 Å². The summed E-state index contributed by atoms with van der Waals surface area (Å²) >= 11 is 0. The predicted molar refractivity (Wildman–Crippen MR) is 86.2 cm³/mol. The molecule has 0 radical (unpaired) electrons. The SMILES string of the molecule is CCc1ccc(NC(=O)c2ccc(NCCOC)nn2)cc1. The molecule has 0 aliphatic carbocycles. The molecule has 0 atom stereocenters. The summed E-state index contributed by atoms with van der Waals surface area (Å²) in [6, 6.07) is 11.1. The quantitative estimate of drug-likeness (QED) is 0.768. The summed E-state index contributed by atoms with van der Waals surface area (Å²) in [5, 5.41) is 13.7. The number of anilines is 2. The number of carbonyl (C=O) groups excluding carboxylic acids is 1. The zero-order chi connectivity index (χ0) is 15.8. The van der Waals surface area contributed by atoms with Gasteiger partial charge in [0.1, 0.15) is 5.82 Å². The minimum Gasteiger partial charge on any atom is -0.383 e. The van der Waals surface area contributed by atoms with Crippen LogP contribution in [0.25, 0.3) is 0 Å². The number of nitrogens with one attached hydrogen (secondary N) is 2. The van der Waals surface area contributed by atoms with Crippen LogP contribution in [0.3, 0.4) is 0 Å². The van der Waals surface area contributed by atoms with Crippen molar-refractivity contribution < 1.29 is 9.53 Å². The second-order valence-electron chi connectivity index (χ2n) is 4.73. The van der Waals surface area contributed by atoms with E-state index in [4.69, 9.17) is 4.74 Å². The Kier molecular flexibility index (Phi) is 5.85. The maximum atomic E-state index is 12.1. The van der Waals surface area contributed by atoms with Crippen molar-refractivity contribution in [3.05, 3.63) is 47.7 Å². The molecule has 0 saturated heterocycles. The standard InChI is InChI=1S/C16H20N4O2/c1-3-12-4-6-13(7-5-12)18-16(21)14-8-9-15(20-19-14)17-10-11-22-2/h4-9H,3,10-11H2,1-2H3,(H,17,20)(H,18,21). The summed E-state index contributed by atoms with van der Waals surface area (Å²) in [6.07, 6.45) is 0.969. The molecule has 6 nitrogen and oxygen atoms in total. The van der Waals surface area contributed by atoms with Gasteiger partial charge in [0.05, 0.1) is 6.61 Å². The third-order valence-corrected chi connectivity index (χ3v) is 3.13. The average Bonchev–Trinajstić information content (AvgIpc) is 2.56. The monoisotopic (exact) mass is 300 g/mol. The van der Waals surface area contributed by atoms with E-state index in [9.17, 15) is 4.79 Å². The van der Waals surface area contributed by atoms with Crippen molar-refractivity contribution in [1.82, 2.24) is 10.2 Å². The molecule has 1 aromatic carbocycles. The fourth-order valence-corrected chi connectivity index (χ4v) is 1.85. The summed E-state index contributed by atoms with van der Waals surface area (Å²) in [4.78, 5) is 12.1. The number of carbonyl (C=O) groups is 1. The molecule has 0 aliphatic rings. The first kappa shape index (κ1) is 15.9. The van der Waals surface area contributed by atoms with Gasteiger partial charge >= 0.3 is 0 Å². The Morgan fingerprint density at radius 3 is 2.50 bits per heavy atom. The van der Waals surface area contributed by atoms with Gasteiger partial charge in [-0.05, 0) is 36.2 Å². The molecule has 1 amide bonds. The minimum absolute atomic E-state index is 0.275. The maximum Gasteiger partial charge on any atom is 0.276 e. The smallest absolute Gasteiger partial charge is 0.276 e. The lowest BCUT2D eigenvalue weighted by Crippen LogP contribution is -2.15. The van der Waals surface area contributed by atoms with E-state index in [1.165, 1.54) is 5.56 Å². The molecule has 22 heavy (non-hydrogen) atoms. The second-order valence-corrected chi connectivity index (χ2v) is 4.73. The van der Waals surface area contributed by atoms with Gasteiger partial charge in [0, 0.05) is 19.3 Å². The Balaban J connectivity index is 1.94. The van der Waals surface area contributed by atoms with E-state index in [0.29, 0.717) is 19.0 Å². The van der Waals surface area contributed by atoms with E-state index in [2.05, 4.69) is 27.8 Å². The third-order valence-electron chi connectivity index (χ3n) is 3.13. The van der Waals surface area contributed by atoms with Crippen molar-refractivity contribution >= 4 is 17.4 Å². The summed E-state index contributed by atoms with van der Waals surface area (Å²) in [5.74, 6) is 0.334. The van der Waals surface area contributed by atoms with E-state index >= 15 is 0 Å². The maximum absolute atomic E-state index is 12.1. The number of nitrogens with zero attached hydrogens (tertiary/aromatic N) is 2. The number of benzene rings is 1. The van der Waals surface area contributed by atoms with Crippen LogP contribution < -0.4 is 10.6 Å². The summed E-state index contributed by atoms with van der Waals surface area (Å²) < 4.78 is 4.93. The van der Waals surface area contributed by atoms with Crippen molar-refractivity contribution in [2.24, 2.45) is 0 Å². The molecular weight excluding hydrogens is 280 g/mol. The van der Waals surface area contributed by atoms with Crippen LogP contribution in [-0.2, 0) is 11.2 Å². The average molecular weight is 300 g/mol. The van der Waals surface area contributed by atoms with Gasteiger partial charge in [-0.3, -0.25) is 4.79 Å². The number of aromatic nitrogens is 2. The van der Waals surface area contributed by atoms with Gasteiger partial charge in [-0.1, -0.05) is 19.1 Å². The van der Waals surface area contributed by atoms with Crippen LogP contribution in [0.1, 0.15) is 23.0 Å². The Hall–Kier alpha value is -2.47. The van der Waals surface area contributed by atoms with Gasteiger partial charge in [0.25, 0.3) is 5.91 Å². The highest BCUT2D eigenvalue weighted by molar-refractivity contribution is 6.02. The molecule has 0 bridgehead atoms. The number of methoxy groups -OCH3 is 1. The number of hydrogen-bond acceptors (Lipinski definition) is 5. The lowest BCUT2D eigenvalue weighted by atomic mass is 10.1. The van der Waals surface area contributed by atoms with Crippen LogP contribution in [0.2, 0.25) is 0 Å². The van der Waals surface area contributed by atoms with E-state index in [-0.39, 0.29) is 11.6 Å². The van der Waals surface area contributed by atoms with Gasteiger partial charge < -0.3 is 15.4 Å². The highest BCUT2D eigenvalue weighted by atomic mass is 16.5. The lowest BCUT2D eigenvalue weighted by molar-refractivity contribution is 0.102. The van der Waals surface area contributed by atoms with Gasteiger partial charge in [0.2, 0.25) is 0 Å². The van der Waals surface area contributed by atoms with Crippen LogP contribution in [-0.4, -0.2) is 36.4 Å². The summed E-state index contributed by atoms with van der Waals surface area (Å²) in [7, 11) is 1.63. The Morgan fingerprint density at radius 1 is 1.14 bits per heavy atom. The van der Waals surface area contributed by atoms with Gasteiger partial charge in [-0.25, -0.2) is 0 Å². The molecule has 1 heterocycles. The van der Waals surface area contributed by atoms with Crippen molar-refractivity contribution in [3.63, 3.8) is 0 Å². The number of amides is 1. The number of rotatable bonds is 7. The first-order valence-corrected chi connectivity index (χ1v) is 7.19. The van der Waals surface area contributed by atoms with Crippen molar-refractivity contribution in [2.75, 3.05) is 30.9 Å². The molecule has 1 aromatic heterocycles. The van der Waals surface area contributed by atoms with Crippen LogP contribution in [0.15, 0.2) is 36.4 Å². The first-order valence-electron chi connectivity index (χ1n) is 7.19. The van der Waals surface area contributed by atoms with Crippen LogP contribution in [0.5, 0.6) is 0 Å². The molecule has 2 N–H and O–H groups in total. The van der Waals surface area contributed by atoms with Gasteiger partial charge in [-0.15, -0.1) is 10.2 Å². The minimum atomic E-state index is -0.278. The van der Waals surface area contributed by atoms with Crippen molar-refractivity contribution in [2.45, 2.75) is 13.3 Å². The molecule has 116 valence electrons. The molecule has 0 aliphatic heterocycles. The molecule has 0 saturated carbocycles. The number of aryl methyl sites for hydroxylation is 1. The highest BCUT2D eigenvalue weighted by Gasteiger charge is 2.08. The molecule has 0 fully saturated rings. The normalized spacial score (nSPS) is 10.3. The second kappa shape index (κ2) is 8.09. The Labute approximate surface area is 129 Å². The van der Waals surface area contributed by atoms with Gasteiger partial charge in [-0.2, -0.15) is 0 Å².